The molecule has 32 heavy (non-hydrogen) atoms. The normalized spacial score (nSPS) is 14.3. The van der Waals surface area contributed by atoms with Gasteiger partial charge >= 0.3 is 0 Å². The molecule has 2 aromatic carbocycles. The monoisotopic (exact) mass is 440 g/mol. The number of halogens is 1. The van der Waals surface area contributed by atoms with Crippen molar-refractivity contribution in [1.29, 1.82) is 0 Å². The molecular formula is C26H21ClN4O. The highest BCUT2D eigenvalue weighted by atomic mass is 35.5. The van der Waals surface area contributed by atoms with Gasteiger partial charge in [-0.15, -0.1) is 0 Å². The van der Waals surface area contributed by atoms with Gasteiger partial charge in [-0.3, -0.25) is 4.98 Å². The fourth-order valence-electron chi connectivity index (χ4n) is 4.38. The van der Waals surface area contributed by atoms with E-state index in [1.54, 1.807) is 0 Å². The van der Waals surface area contributed by atoms with Crippen molar-refractivity contribution in [1.82, 2.24) is 15.0 Å². The van der Waals surface area contributed by atoms with Crippen LogP contribution < -0.4 is 4.90 Å². The van der Waals surface area contributed by atoms with Crippen LogP contribution in [-0.2, 0) is 4.74 Å². The Bertz CT molecular complexity index is 1420. The van der Waals surface area contributed by atoms with Gasteiger partial charge in [0.15, 0.2) is 0 Å². The number of H-pyrrole nitrogens is 1. The molecular weight excluding hydrogens is 420 g/mol. The molecule has 0 atom stereocenters. The van der Waals surface area contributed by atoms with E-state index >= 15 is 0 Å². The highest BCUT2D eigenvalue weighted by Gasteiger charge is 2.14. The first-order chi connectivity index (χ1) is 15.8. The number of fused-ring (bicyclic) bond motifs is 2. The third-order valence-corrected chi connectivity index (χ3v) is 6.35. The molecule has 0 saturated carbocycles. The standard InChI is InChI=1S/C26H21ClN4O/c27-22-15-25-18(13-21(22)19-3-1-5-23-20(19)4-2-8-28-23)14-24(30-25)17-6-7-26(29-16-17)31-9-11-32-12-10-31/h1-8,13-16,30H,9-12H2. The van der Waals surface area contributed by atoms with Gasteiger partial charge in [-0.2, -0.15) is 0 Å². The van der Waals surface area contributed by atoms with Crippen LogP contribution in [0.5, 0.6) is 0 Å². The average Bonchev–Trinajstić information content (AvgIpc) is 3.27. The van der Waals surface area contributed by atoms with Gasteiger partial charge in [0.1, 0.15) is 5.82 Å². The van der Waals surface area contributed by atoms with Crippen LogP contribution in [0.15, 0.2) is 73.1 Å². The molecule has 1 aliphatic heterocycles. The van der Waals surface area contributed by atoms with Gasteiger partial charge in [0, 0.05) is 58.6 Å². The van der Waals surface area contributed by atoms with E-state index in [4.69, 9.17) is 16.3 Å². The summed E-state index contributed by atoms with van der Waals surface area (Å²) < 4.78 is 5.43. The highest BCUT2D eigenvalue weighted by Crippen LogP contribution is 2.37. The molecule has 4 heterocycles. The van der Waals surface area contributed by atoms with Crippen LogP contribution in [0.2, 0.25) is 5.02 Å². The minimum Gasteiger partial charge on any atom is -0.378 e. The molecule has 0 unspecified atom stereocenters. The maximum Gasteiger partial charge on any atom is 0.128 e. The number of ether oxygens (including phenoxy) is 1. The third-order valence-electron chi connectivity index (χ3n) is 6.04. The van der Waals surface area contributed by atoms with E-state index in [2.05, 4.69) is 56.3 Å². The van der Waals surface area contributed by atoms with E-state index in [1.807, 2.05) is 36.7 Å². The zero-order valence-electron chi connectivity index (χ0n) is 17.4. The van der Waals surface area contributed by atoms with Gasteiger partial charge in [0.05, 0.1) is 23.8 Å². The molecule has 0 aliphatic carbocycles. The Morgan fingerprint density at radius 1 is 0.906 bits per heavy atom. The molecule has 0 amide bonds. The van der Waals surface area contributed by atoms with Crippen molar-refractivity contribution in [2.45, 2.75) is 0 Å². The lowest BCUT2D eigenvalue weighted by molar-refractivity contribution is 0.122. The zero-order valence-corrected chi connectivity index (χ0v) is 18.1. The summed E-state index contributed by atoms with van der Waals surface area (Å²) in [5.74, 6) is 0.989. The molecule has 1 fully saturated rings. The van der Waals surface area contributed by atoms with Crippen LogP contribution in [0.3, 0.4) is 0 Å². The van der Waals surface area contributed by atoms with Crippen LogP contribution in [-0.4, -0.2) is 41.3 Å². The number of morpholine rings is 1. The molecule has 0 spiro atoms. The van der Waals surface area contributed by atoms with Crippen LogP contribution in [0, 0.1) is 0 Å². The largest absolute Gasteiger partial charge is 0.378 e. The molecule has 5 nitrogen and oxygen atoms in total. The average molecular weight is 441 g/mol. The van der Waals surface area contributed by atoms with Gasteiger partial charge in [-0.1, -0.05) is 29.8 Å². The van der Waals surface area contributed by atoms with Crippen LogP contribution in [0.1, 0.15) is 0 Å². The number of pyridine rings is 2. The number of rotatable bonds is 3. The second-order valence-corrected chi connectivity index (χ2v) is 8.39. The van der Waals surface area contributed by atoms with Crippen LogP contribution >= 0.6 is 11.6 Å². The Balaban J connectivity index is 1.38. The van der Waals surface area contributed by atoms with E-state index in [-0.39, 0.29) is 0 Å². The lowest BCUT2D eigenvalue weighted by atomic mass is 9.99. The Kier molecular flexibility index (Phi) is 4.78. The maximum atomic E-state index is 6.73. The van der Waals surface area contributed by atoms with E-state index in [9.17, 15) is 0 Å². The predicted molar refractivity (Wildman–Crippen MR) is 130 cm³/mol. The highest BCUT2D eigenvalue weighted by molar-refractivity contribution is 6.34. The number of benzene rings is 2. The van der Waals surface area contributed by atoms with E-state index in [0.29, 0.717) is 5.02 Å². The molecule has 6 rings (SSSR count). The minimum absolute atomic E-state index is 0.711. The first-order valence-corrected chi connectivity index (χ1v) is 11.1. The number of hydrogen-bond donors (Lipinski definition) is 1. The fraction of sp³-hybridized carbons (Fsp3) is 0.154. The number of anilines is 1. The fourth-order valence-corrected chi connectivity index (χ4v) is 4.64. The summed E-state index contributed by atoms with van der Waals surface area (Å²) in [5.41, 5.74) is 6.12. The first kappa shape index (κ1) is 19.3. The second-order valence-electron chi connectivity index (χ2n) is 7.98. The summed E-state index contributed by atoms with van der Waals surface area (Å²) >= 11 is 6.73. The third kappa shape index (κ3) is 3.40. The van der Waals surface area contributed by atoms with Gasteiger partial charge in [0.25, 0.3) is 0 Å². The SMILES string of the molecule is Clc1cc2[nH]c(-c3ccc(N4CCOCC4)nc3)cc2cc1-c1cccc2ncccc12. The van der Waals surface area contributed by atoms with Crippen LogP contribution in [0.25, 0.3) is 44.2 Å². The molecule has 0 radical (unpaired) electrons. The van der Waals surface area contributed by atoms with Crippen molar-refractivity contribution in [2.75, 3.05) is 31.2 Å². The summed E-state index contributed by atoms with van der Waals surface area (Å²) in [6, 6.07) is 20.7. The van der Waals surface area contributed by atoms with Crippen LogP contribution in [0.4, 0.5) is 5.82 Å². The number of nitrogens with one attached hydrogen (secondary N) is 1. The molecule has 0 bridgehead atoms. The minimum atomic E-state index is 0.711. The molecule has 1 aliphatic rings. The molecule has 3 aromatic heterocycles. The Labute approximate surface area is 190 Å². The van der Waals surface area contributed by atoms with Crippen molar-refractivity contribution < 1.29 is 4.74 Å². The smallest absolute Gasteiger partial charge is 0.128 e. The summed E-state index contributed by atoms with van der Waals surface area (Å²) in [5, 5.41) is 2.91. The van der Waals surface area contributed by atoms with Crippen molar-refractivity contribution >= 4 is 39.2 Å². The van der Waals surface area contributed by atoms with E-state index in [1.165, 1.54) is 0 Å². The molecule has 1 saturated heterocycles. The number of aromatic nitrogens is 3. The summed E-state index contributed by atoms with van der Waals surface area (Å²) in [4.78, 5) is 14.9. The van der Waals surface area contributed by atoms with Gasteiger partial charge < -0.3 is 14.6 Å². The summed E-state index contributed by atoms with van der Waals surface area (Å²) in [6.45, 7) is 3.26. The summed E-state index contributed by atoms with van der Waals surface area (Å²) in [7, 11) is 0. The Morgan fingerprint density at radius 2 is 1.81 bits per heavy atom. The quantitative estimate of drug-likeness (QED) is 0.377. The number of nitrogens with zero attached hydrogens (tertiary/aromatic N) is 3. The second kappa shape index (κ2) is 7.93. The molecule has 158 valence electrons. The number of hydrogen-bond acceptors (Lipinski definition) is 4. The van der Waals surface area contributed by atoms with Crippen molar-refractivity contribution in [3.63, 3.8) is 0 Å². The first-order valence-electron chi connectivity index (χ1n) is 10.7. The zero-order chi connectivity index (χ0) is 21.5. The molecule has 6 heteroatoms. The van der Waals surface area contributed by atoms with E-state index in [0.717, 1.165) is 76.3 Å². The maximum absolute atomic E-state index is 6.73. The summed E-state index contributed by atoms with van der Waals surface area (Å²) in [6.07, 6.45) is 3.74. The van der Waals surface area contributed by atoms with Crippen molar-refractivity contribution in [3.8, 4) is 22.4 Å². The van der Waals surface area contributed by atoms with Crippen molar-refractivity contribution in [2.24, 2.45) is 0 Å². The Morgan fingerprint density at radius 3 is 2.66 bits per heavy atom. The molecule has 5 aromatic rings. The van der Waals surface area contributed by atoms with Gasteiger partial charge in [-0.05, 0) is 48.0 Å². The van der Waals surface area contributed by atoms with Gasteiger partial charge in [0.2, 0.25) is 0 Å². The predicted octanol–water partition coefficient (Wildman–Crippen LogP) is 5.94. The van der Waals surface area contributed by atoms with Gasteiger partial charge in [-0.25, -0.2) is 4.98 Å². The topological polar surface area (TPSA) is 54.0 Å². The lowest BCUT2D eigenvalue weighted by Gasteiger charge is -2.27. The molecule has 1 N–H and O–H groups in total. The van der Waals surface area contributed by atoms with E-state index < -0.39 is 0 Å². The van der Waals surface area contributed by atoms with Crippen molar-refractivity contribution in [3.05, 3.63) is 78.1 Å². The Hall–Kier alpha value is -3.41. The lowest BCUT2D eigenvalue weighted by Crippen LogP contribution is -2.36. The number of aromatic amines is 1.